The van der Waals surface area contributed by atoms with Gasteiger partial charge in [0.1, 0.15) is 11.6 Å². The molecule has 1 aliphatic rings. The van der Waals surface area contributed by atoms with Crippen LogP contribution in [-0.4, -0.2) is 17.3 Å². The maximum Gasteiger partial charge on any atom is 0.146 e. The highest BCUT2D eigenvalue weighted by molar-refractivity contribution is 5.45. The van der Waals surface area contributed by atoms with Crippen molar-refractivity contribution in [3.05, 3.63) is 29.8 Å². The zero-order valence-electron chi connectivity index (χ0n) is 10.4. The fourth-order valence-corrected chi connectivity index (χ4v) is 2.46. The van der Waals surface area contributed by atoms with Gasteiger partial charge in [-0.25, -0.2) is 8.78 Å². The Bertz CT molecular complexity index is 401. The lowest BCUT2D eigenvalue weighted by atomic mass is 9.94. The summed E-state index contributed by atoms with van der Waals surface area (Å²) >= 11 is 0. The second-order valence-corrected chi connectivity index (χ2v) is 5.12. The average molecular weight is 255 g/mol. The van der Waals surface area contributed by atoms with Crippen LogP contribution in [0.5, 0.6) is 0 Å². The van der Waals surface area contributed by atoms with E-state index in [0.717, 1.165) is 56.7 Å². The molecule has 0 amide bonds. The van der Waals surface area contributed by atoms with Gasteiger partial charge in [0.05, 0.1) is 11.3 Å². The van der Waals surface area contributed by atoms with Gasteiger partial charge in [-0.2, -0.15) is 0 Å². The molecule has 1 aromatic carbocycles. The lowest BCUT2D eigenvalue weighted by Crippen LogP contribution is -2.36. The minimum absolute atomic E-state index is 0.118. The van der Waals surface area contributed by atoms with E-state index in [1.807, 2.05) is 0 Å². The summed E-state index contributed by atoms with van der Waals surface area (Å²) in [5.41, 5.74) is -0.678. The van der Waals surface area contributed by atoms with Crippen molar-refractivity contribution in [2.75, 3.05) is 11.9 Å². The summed E-state index contributed by atoms with van der Waals surface area (Å²) in [7, 11) is 0. The van der Waals surface area contributed by atoms with Crippen molar-refractivity contribution >= 4 is 5.69 Å². The second kappa shape index (κ2) is 5.65. The standard InChI is InChI=1S/C14H19F2NO/c15-11-5-6-12(16)13(9-11)17-10-14(18)7-3-1-2-4-8-14/h5-6,9,17-18H,1-4,7-8,10H2. The average Bonchev–Trinajstić information content (AvgIpc) is 2.56. The molecule has 0 spiro atoms. The number of rotatable bonds is 3. The van der Waals surface area contributed by atoms with Gasteiger partial charge in [0.15, 0.2) is 0 Å². The number of benzene rings is 1. The van der Waals surface area contributed by atoms with Crippen LogP contribution in [0.15, 0.2) is 18.2 Å². The smallest absolute Gasteiger partial charge is 0.146 e. The molecule has 1 saturated carbocycles. The molecule has 0 heterocycles. The van der Waals surface area contributed by atoms with Gasteiger partial charge < -0.3 is 10.4 Å². The molecule has 1 aliphatic carbocycles. The maximum atomic E-state index is 13.4. The normalized spacial score (nSPS) is 19.3. The first-order valence-corrected chi connectivity index (χ1v) is 6.50. The van der Waals surface area contributed by atoms with Crippen LogP contribution in [0.1, 0.15) is 38.5 Å². The molecular weight excluding hydrogens is 236 g/mol. The van der Waals surface area contributed by atoms with Crippen LogP contribution in [0, 0.1) is 11.6 Å². The van der Waals surface area contributed by atoms with Crippen LogP contribution < -0.4 is 5.32 Å². The summed E-state index contributed by atoms with van der Waals surface area (Å²) < 4.78 is 26.4. The second-order valence-electron chi connectivity index (χ2n) is 5.12. The highest BCUT2D eigenvalue weighted by Gasteiger charge is 2.27. The Morgan fingerprint density at radius 3 is 2.44 bits per heavy atom. The van der Waals surface area contributed by atoms with Crippen LogP contribution in [0.2, 0.25) is 0 Å². The SMILES string of the molecule is OC1(CNc2cc(F)ccc2F)CCCCCC1. The van der Waals surface area contributed by atoms with Crippen molar-refractivity contribution in [2.24, 2.45) is 0 Å². The van der Waals surface area contributed by atoms with Gasteiger partial charge in [0.25, 0.3) is 0 Å². The molecule has 18 heavy (non-hydrogen) atoms. The molecule has 0 radical (unpaired) electrons. The van der Waals surface area contributed by atoms with Crippen molar-refractivity contribution in [1.82, 2.24) is 0 Å². The van der Waals surface area contributed by atoms with Gasteiger partial charge in [0, 0.05) is 6.54 Å². The van der Waals surface area contributed by atoms with E-state index >= 15 is 0 Å². The van der Waals surface area contributed by atoms with Crippen LogP contribution in [0.3, 0.4) is 0 Å². The van der Waals surface area contributed by atoms with Crippen molar-refractivity contribution in [2.45, 2.75) is 44.1 Å². The first kappa shape index (κ1) is 13.3. The first-order valence-electron chi connectivity index (χ1n) is 6.50. The zero-order chi connectivity index (χ0) is 13.0. The molecular formula is C14H19F2NO. The van der Waals surface area contributed by atoms with E-state index in [4.69, 9.17) is 0 Å². The fourth-order valence-electron chi connectivity index (χ4n) is 2.46. The summed E-state index contributed by atoms with van der Waals surface area (Å²) in [6.45, 7) is 0.271. The number of aliphatic hydroxyl groups is 1. The molecule has 0 atom stereocenters. The number of hydrogen-bond acceptors (Lipinski definition) is 2. The first-order chi connectivity index (χ1) is 8.59. The molecule has 0 unspecified atom stereocenters. The Hall–Kier alpha value is -1.16. The minimum atomic E-state index is -0.796. The van der Waals surface area contributed by atoms with Crippen molar-refractivity contribution in [3.8, 4) is 0 Å². The topological polar surface area (TPSA) is 32.3 Å². The fraction of sp³-hybridized carbons (Fsp3) is 0.571. The maximum absolute atomic E-state index is 13.4. The molecule has 2 N–H and O–H groups in total. The van der Waals surface area contributed by atoms with Crippen molar-refractivity contribution in [1.29, 1.82) is 0 Å². The molecule has 1 aromatic rings. The van der Waals surface area contributed by atoms with E-state index in [9.17, 15) is 13.9 Å². The van der Waals surface area contributed by atoms with E-state index in [-0.39, 0.29) is 12.2 Å². The van der Waals surface area contributed by atoms with Crippen molar-refractivity contribution in [3.63, 3.8) is 0 Å². The Kier molecular flexibility index (Phi) is 4.17. The van der Waals surface area contributed by atoms with Crippen LogP contribution in [-0.2, 0) is 0 Å². The summed E-state index contributed by atoms with van der Waals surface area (Å²) in [6, 6.07) is 3.30. The van der Waals surface area contributed by atoms with Gasteiger partial charge >= 0.3 is 0 Å². The summed E-state index contributed by atoms with van der Waals surface area (Å²) in [4.78, 5) is 0. The zero-order valence-corrected chi connectivity index (χ0v) is 10.4. The number of halogens is 2. The highest BCUT2D eigenvalue weighted by Crippen LogP contribution is 2.27. The molecule has 0 aromatic heterocycles. The number of hydrogen-bond donors (Lipinski definition) is 2. The van der Waals surface area contributed by atoms with Gasteiger partial charge in [0.2, 0.25) is 0 Å². The lowest BCUT2D eigenvalue weighted by Gasteiger charge is -2.27. The van der Waals surface area contributed by atoms with Gasteiger partial charge in [-0.05, 0) is 31.0 Å². The van der Waals surface area contributed by atoms with Gasteiger partial charge in [-0.1, -0.05) is 25.7 Å². The van der Waals surface area contributed by atoms with Crippen molar-refractivity contribution < 1.29 is 13.9 Å². The Morgan fingerprint density at radius 2 is 1.78 bits per heavy atom. The molecule has 2 rings (SSSR count). The summed E-state index contributed by atoms with van der Waals surface area (Å²) in [6.07, 6.45) is 5.69. The predicted octanol–water partition coefficient (Wildman–Crippen LogP) is 3.46. The van der Waals surface area contributed by atoms with Gasteiger partial charge in [-0.15, -0.1) is 0 Å². The Labute approximate surface area is 106 Å². The molecule has 0 aliphatic heterocycles. The van der Waals surface area contributed by atoms with E-state index < -0.39 is 17.2 Å². The number of nitrogens with one attached hydrogen (secondary N) is 1. The third-order valence-corrected chi connectivity index (χ3v) is 3.57. The minimum Gasteiger partial charge on any atom is -0.388 e. The van der Waals surface area contributed by atoms with E-state index in [1.165, 1.54) is 0 Å². The third kappa shape index (κ3) is 3.42. The Morgan fingerprint density at radius 1 is 1.11 bits per heavy atom. The molecule has 4 heteroatoms. The van der Waals surface area contributed by atoms with E-state index in [0.29, 0.717) is 0 Å². The van der Waals surface area contributed by atoms with Gasteiger partial charge in [-0.3, -0.25) is 0 Å². The molecule has 100 valence electrons. The van der Waals surface area contributed by atoms with E-state index in [1.54, 1.807) is 0 Å². The molecule has 0 bridgehead atoms. The van der Waals surface area contributed by atoms with E-state index in [2.05, 4.69) is 5.32 Å². The third-order valence-electron chi connectivity index (χ3n) is 3.57. The summed E-state index contributed by atoms with van der Waals surface area (Å²) in [5.74, 6) is -0.972. The van der Waals surface area contributed by atoms with Crippen LogP contribution >= 0.6 is 0 Å². The number of anilines is 1. The monoisotopic (exact) mass is 255 g/mol. The van der Waals surface area contributed by atoms with Crippen LogP contribution in [0.25, 0.3) is 0 Å². The Balaban J connectivity index is 1.99. The van der Waals surface area contributed by atoms with Crippen LogP contribution in [0.4, 0.5) is 14.5 Å². The lowest BCUT2D eigenvalue weighted by molar-refractivity contribution is 0.0381. The quantitative estimate of drug-likeness (QED) is 0.811. The molecule has 0 saturated heterocycles. The summed E-state index contributed by atoms with van der Waals surface area (Å²) in [5, 5.41) is 13.2. The predicted molar refractivity (Wildman–Crippen MR) is 67.5 cm³/mol. The largest absolute Gasteiger partial charge is 0.388 e. The molecule has 1 fully saturated rings. The molecule has 2 nitrogen and oxygen atoms in total. The highest BCUT2D eigenvalue weighted by atomic mass is 19.1.